The number of fused-ring (bicyclic) bond motifs is 1. The van der Waals surface area contributed by atoms with Crippen LogP contribution in [0, 0.1) is 5.21 Å². The number of hydrogen-bond acceptors (Lipinski definition) is 3. The van der Waals surface area contributed by atoms with Crippen LogP contribution < -0.4 is 4.73 Å². The summed E-state index contributed by atoms with van der Waals surface area (Å²) >= 11 is 0. The Kier molecular flexibility index (Phi) is 5.50. The van der Waals surface area contributed by atoms with Crippen molar-refractivity contribution in [2.75, 3.05) is 0 Å². The molecule has 0 bridgehead atoms. The van der Waals surface area contributed by atoms with Crippen LogP contribution >= 0.6 is 0 Å². The van der Waals surface area contributed by atoms with E-state index in [2.05, 4.69) is 37.0 Å². The number of hydrogen-bond donors (Lipinski definition) is 1. The smallest absolute Gasteiger partial charge is 0.336 e. The number of carbonyl (C=O) groups is 1. The lowest BCUT2D eigenvalue weighted by Crippen LogP contribution is -2.23. The second-order valence-corrected chi connectivity index (χ2v) is 7.73. The van der Waals surface area contributed by atoms with Crippen molar-refractivity contribution in [2.45, 2.75) is 19.8 Å². The van der Waals surface area contributed by atoms with Gasteiger partial charge in [0.15, 0.2) is 12.4 Å². The Morgan fingerprint density at radius 2 is 1.84 bits per heavy atom. The molecule has 0 aliphatic heterocycles. The van der Waals surface area contributed by atoms with Gasteiger partial charge in [0, 0.05) is 34.8 Å². The number of carboxylic acids is 1. The van der Waals surface area contributed by atoms with Crippen LogP contribution in [0.5, 0.6) is 0 Å². The summed E-state index contributed by atoms with van der Waals surface area (Å²) in [6.45, 7) is 4.32. The van der Waals surface area contributed by atoms with Crippen molar-refractivity contribution in [3.8, 4) is 11.1 Å². The van der Waals surface area contributed by atoms with Crippen molar-refractivity contribution in [2.24, 2.45) is 0 Å². The molecule has 5 heteroatoms. The van der Waals surface area contributed by atoms with E-state index in [1.165, 1.54) is 30.1 Å². The first-order valence-electron chi connectivity index (χ1n) is 10.1. The van der Waals surface area contributed by atoms with Crippen LogP contribution in [0.3, 0.4) is 0 Å². The third-order valence-electron chi connectivity index (χ3n) is 5.25. The van der Waals surface area contributed by atoms with E-state index in [1.54, 1.807) is 12.3 Å². The summed E-state index contributed by atoms with van der Waals surface area (Å²) in [6, 6.07) is 19.1. The molecular weight excluding hydrogens is 388 g/mol. The number of carboxylic acid groups (broad SMARTS) is 1. The molecule has 4 aromatic rings. The second-order valence-electron chi connectivity index (χ2n) is 7.73. The third-order valence-corrected chi connectivity index (χ3v) is 5.25. The van der Waals surface area contributed by atoms with E-state index in [9.17, 15) is 15.1 Å². The fourth-order valence-electron chi connectivity index (χ4n) is 3.59. The van der Waals surface area contributed by atoms with Gasteiger partial charge in [-0.25, -0.2) is 4.79 Å². The average molecular weight is 410 g/mol. The van der Waals surface area contributed by atoms with E-state index >= 15 is 0 Å². The molecule has 1 N–H and O–H groups in total. The van der Waals surface area contributed by atoms with Crippen molar-refractivity contribution in [3.63, 3.8) is 0 Å². The predicted octanol–water partition coefficient (Wildman–Crippen LogP) is 5.28. The van der Waals surface area contributed by atoms with Crippen molar-refractivity contribution < 1.29 is 14.6 Å². The molecule has 0 atom stereocenters. The van der Waals surface area contributed by atoms with E-state index in [4.69, 9.17) is 0 Å². The minimum absolute atomic E-state index is 0.122. The molecule has 31 heavy (non-hydrogen) atoms. The summed E-state index contributed by atoms with van der Waals surface area (Å²) in [5.41, 5.74) is 5.46. The Labute approximate surface area is 180 Å². The fraction of sp³-hybridized carbons (Fsp3) is 0.115. The maximum Gasteiger partial charge on any atom is 0.336 e. The van der Waals surface area contributed by atoms with Gasteiger partial charge in [0.2, 0.25) is 0 Å². The standard InChI is InChI=1S/C26H22N2O3/c1-17(2)22-15-21-7-4-10-27-25(21)23(16-22)20-6-3-5-18(13-20)14-24(26(29)30)19-8-11-28(31)12-9-19/h3-17H,1-2H3,(H,29,30). The molecule has 0 saturated heterocycles. The van der Waals surface area contributed by atoms with Gasteiger partial charge in [-0.1, -0.05) is 38.1 Å². The number of aliphatic carboxylic acids is 1. The number of pyridine rings is 2. The Hall–Kier alpha value is -3.99. The number of nitrogens with zero attached hydrogens (tertiary/aromatic N) is 2. The van der Waals surface area contributed by atoms with Crippen molar-refractivity contribution in [3.05, 3.63) is 101 Å². The lowest BCUT2D eigenvalue weighted by atomic mass is 9.93. The van der Waals surface area contributed by atoms with E-state index in [-0.39, 0.29) is 5.57 Å². The fourth-order valence-corrected chi connectivity index (χ4v) is 3.59. The van der Waals surface area contributed by atoms with Crippen LogP contribution in [0.25, 0.3) is 33.7 Å². The number of aromatic nitrogens is 2. The van der Waals surface area contributed by atoms with Gasteiger partial charge in [0.1, 0.15) is 0 Å². The zero-order chi connectivity index (χ0) is 22.0. The van der Waals surface area contributed by atoms with Crippen molar-refractivity contribution >= 4 is 28.5 Å². The predicted molar refractivity (Wildman–Crippen MR) is 122 cm³/mol. The zero-order valence-electron chi connectivity index (χ0n) is 17.3. The molecule has 0 unspecified atom stereocenters. The first-order chi connectivity index (χ1) is 14.9. The van der Waals surface area contributed by atoms with Crippen LogP contribution in [0.15, 0.2) is 79.3 Å². The van der Waals surface area contributed by atoms with Crippen molar-refractivity contribution in [1.82, 2.24) is 4.98 Å². The van der Waals surface area contributed by atoms with Crippen molar-refractivity contribution in [1.29, 1.82) is 0 Å². The maximum atomic E-state index is 11.9. The molecule has 2 heterocycles. The van der Waals surface area contributed by atoms with Gasteiger partial charge in [0.05, 0.1) is 11.1 Å². The molecule has 2 aromatic carbocycles. The minimum atomic E-state index is -1.05. The molecule has 0 amide bonds. The number of rotatable bonds is 5. The monoisotopic (exact) mass is 410 g/mol. The van der Waals surface area contributed by atoms with Crippen LogP contribution in [0.4, 0.5) is 0 Å². The molecule has 154 valence electrons. The summed E-state index contributed by atoms with van der Waals surface area (Å²) in [5.74, 6) is -0.685. The van der Waals surface area contributed by atoms with Gasteiger partial charge >= 0.3 is 5.97 Å². The van der Waals surface area contributed by atoms with Gasteiger partial charge in [0.25, 0.3) is 0 Å². The highest BCUT2D eigenvalue weighted by molar-refractivity contribution is 6.20. The summed E-state index contributed by atoms with van der Waals surface area (Å²) in [6.07, 6.45) is 5.98. The van der Waals surface area contributed by atoms with Gasteiger partial charge < -0.3 is 10.3 Å². The highest BCUT2D eigenvalue weighted by Gasteiger charge is 2.13. The van der Waals surface area contributed by atoms with E-state index < -0.39 is 5.97 Å². The lowest BCUT2D eigenvalue weighted by Gasteiger charge is -2.13. The summed E-state index contributed by atoms with van der Waals surface area (Å²) in [4.78, 5) is 16.5. The minimum Gasteiger partial charge on any atom is -0.619 e. The largest absolute Gasteiger partial charge is 0.619 e. The highest BCUT2D eigenvalue weighted by Crippen LogP contribution is 2.32. The van der Waals surface area contributed by atoms with E-state index in [0.717, 1.165) is 27.6 Å². The van der Waals surface area contributed by atoms with E-state index in [1.807, 2.05) is 30.3 Å². The molecule has 0 aliphatic rings. The van der Waals surface area contributed by atoms with Crippen LogP contribution in [-0.2, 0) is 4.79 Å². The topological polar surface area (TPSA) is 77.1 Å². The summed E-state index contributed by atoms with van der Waals surface area (Å²) < 4.78 is 0.628. The van der Waals surface area contributed by atoms with E-state index in [0.29, 0.717) is 16.2 Å². The molecule has 0 aliphatic carbocycles. The SMILES string of the molecule is CC(C)c1cc(-c2cccc(C=C(C(=O)O)c3cc[n+]([O-])cc3)c2)c2ncccc2c1. The third kappa shape index (κ3) is 4.31. The maximum absolute atomic E-state index is 11.9. The molecule has 0 saturated carbocycles. The van der Waals surface area contributed by atoms with Gasteiger partial charge in [-0.15, -0.1) is 0 Å². The Bertz CT molecular complexity index is 1290. The quantitative estimate of drug-likeness (QED) is 0.276. The molecule has 0 radical (unpaired) electrons. The molecule has 0 fully saturated rings. The van der Waals surface area contributed by atoms with Gasteiger partial charge in [-0.05, 0) is 52.9 Å². The highest BCUT2D eigenvalue weighted by atomic mass is 16.5. The molecule has 2 aromatic heterocycles. The molecule has 5 nitrogen and oxygen atoms in total. The first kappa shape index (κ1) is 20.3. The van der Waals surface area contributed by atoms with Gasteiger partial charge in [-0.2, -0.15) is 4.73 Å². The summed E-state index contributed by atoms with van der Waals surface area (Å²) in [7, 11) is 0. The Balaban J connectivity index is 1.84. The average Bonchev–Trinajstić information content (AvgIpc) is 2.77. The molecular formula is C26H22N2O3. The summed E-state index contributed by atoms with van der Waals surface area (Å²) in [5, 5.41) is 22.1. The number of benzene rings is 2. The van der Waals surface area contributed by atoms with Crippen LogP contribution in [0.2, 0.25) is 0 Å². The Morgan fingerprint density at radius 3 is 2.55 bits per heavy atom. The molecule has 4 rings (SSSR count). The van der Waals surface area contributed by atoms with Crippen LogP contribution in [0.1, 0.15) is 36.5 Å². The molecule has 0 spiro atoms. The lowest BCUT2D eigenvalue weighted by molar-refractivity contribution is -0.605. The first-order valence-corrected chi connectivity index (χ1v) is 10.1. The second kappa shape index (κ2) is 8.40. The Morgan fingerprint density at radius 1 is 1.06 bits per heavy atom. The normalized spacial score (nSPS) is 11.8. The van der Waals surface area contributed by atoms with Crippen LogP contribution in [-0.4, -0.2) is 16.1 Å². The zero-order valence-corrected chi connectivity index (χ0v) is 17.3. The van der Waals surface area contributed by atoms with Gasteiger partial charge in [-0.3, -0.25) is 4.98 Å².